The van der Waals surface area contributed by atoms with Gasteiger partial charge in [0.2, 0.25) is 5.69 Å². The third-order valence-corrected chi connectivity index (χ3v) is 1.44. The number of aromatic carboxylic acids is 1. The van der Waals surface area contributed by atoms with Crippen LogP contribution in [-0.2, 0) is 0 Å². The largest absolute Gasteiger partial charge is 0.476 e. The number of halogens is 1. The smallest absolute Gasteiger partial charge is 0.359 e. The number of rotatable bonds is 1. The summed E-state index contributed by atoms with van der Waals surface area (Å²) < 4.78 is 4.49. The molecule has 10 heavy (non-hydrogen) atoms. The van der Waals surface area contributed by atoms with Gasteiger partial charge in [0.15, 0.2) is 5.76 Å². The Morgan fingerprint density at radius 1 is 1.80 bits per heavy atom. The standard InChI is InChI=1S/C5H4ClNO3/c1-2-3(6)4(5(8)9)7-10-2/h1H3,(H,8,9). The fourth-order valence-corrected chi connectivity index (χ4v) is 0.644. The molecule has 0 saturated carbocycles. The molecule has 5 heteroatoms. The molecule has 0 fully saturated rings. The van der Waals surface area contributed by atoms with Crippen LogP contribution in [0.5, 0.6) is 0 Å². The number of aromatic nitrogens is 1. The second-order valence-electron chi connectivity index (χ2n) is 1.71. The predicted octanol–water partition coefficient (Wildman–Crippen LogP) is 1.33. The molecular weight excluding hydrogens is 158 g/mol. The highest BCUT2D eigenvalue weighted by atomic mass is 35.5. The minimum atomic E-state index is -1.18. The molecule has 0 aromatic carbocycles. The van der Waals surface area contributed by atoms with Gasteiger partial charge in [-0.05, 0) is 6.92 Å². The van der Waals surface area contributed by atoms with Crippen LogP contribution in [0.4, 0.5) is 0 Å². The van der Waals surface area contributed by atoms with Crippen LogP contribution < -0.4 is 0 Å². The topological polar surface area (TPSA) is 63.3 Å². The van der Waals surface area contributed by atoms with Crippen LogP contribution >= 0.6 is 11.6 Å². The molecule has 0 saturated heterocycles. The van der Waals surface area contributed by atoms with E-state index in [9.17, 15) is 4.79 Å². The lowest BCUT2D eigenvalue weighted by Crippen LogP contribution is -1.96. The monoisotopic (exact) mass is 161 g/mol. The molecule has 1 aromatic rings. The van der Waals surface area contributed by atoms with E-state index in [2.05, 4.69) is 9.68 Å². The van der Waals surface area contributed by atoms with Crippen molar-refractivity contribution in [1.29, 1.82) is 0 Å². The molecule has 0 bridgehead atoms. The Hall–Kier alpha value is -1.03. The Labute approximate surface area is 61.4 Å². The molecular formula is C5H4ClNO3. The van der Waals surface area contributed by atoms with E-state index in [0.29, 0.717) is 5.76 Å². The molecule has 1 N–H and O–H groups in total. The lowest BCUT2D eigenvalue weighted by atomic mass is 10.4. The first-order chi connectivity index (χ1) is 4.63. The molecule has 54 valence electrons. The van der Waals surface area contributed by atoms with Crippen molar-refractivity contribution in [3.8, 4) is 0 Å². The molecule has 1 aromatic heterocycles. The fourth-order valence-electron chi connectivity index (χ4n) is 0.494. The summed E-state index contributed by atoms with van der Waals surface area (Å²) in [6, 6.07) is 0. The first kappa shape index (κ1) is 7.08. The van der Waals surface area contributed by atoms with Gasteiger partial charge >= 0.3 is 5.97 Å². The minimum absolute atomic E-state index is 0.0625. The summed E-state index contributed by atoms with van der Waals surface area (Å²) in [5, 5.41) is 11.6. The molecule has 0 amide bonds. The summed E-state index contributed by atoms with van der Waals surface area (Å²) in [6.07, 6.45) is 0. The van der Waals surface area contributed by atoms with Crippen LogP contribution in [0.25, 0.3) is 0 Å². The quantitative estimate of drug-likeness (QED) is 0.675. The maximum Gasteiger partial charge on any atom is 0.359 e. The second-order valence-corrected chi connectivity index (χ2v) is 2.08. The SMILES string of the molecule is Cc1onc(C(=O)O)c1Cl. The average molecular weight is 162 g/mol. The number of carboxylic acid groups (broad SMARTS) is 1. The van der Waals surface area contributed by atoms with Gasteiger partial charge in [-0.25, -0.2) is 4.79 Å². The zero-order valence-corrected chi connectivity index (χ0v) is 5.84. The number of carboxylic acids is 1. The Morgan fingerprint density at radius 2 is 2.40 bits per heavy atom. The van der Waals surface area contributed by atoms with Gasteiger partial charge in [0, 0.05) is 0 Å². The van der Waals surface area contributed by atoms with E-state index < -0.39 is 5.97 Å². The maximum absolute atomic E-state index is 10.2. The Balaban J connectivity index is 3.17. The van der Waals surface area contributed by atoms with Crippen LogP contribution in [0.15, 0.2) is 4.52 Å². The Bertz CT molecular complexity index is 268. The van der Waals surface area contributed by atoms with E-state index in [0.717, 1.165) is 0 Å². The van der Waals surface area contributed by atoms with Crippen molar-refractivity contribution in [1.82, 2.24) is 5.16 Å². The Kier molecular flexibility index (Phi) is 1.63. The van der Waals surface area contributed by atoms with Gasteiger partial charge in [0.05, 0.1) is 0 Å². The van der Waals surface area contributed by atoms with Gasteiger partial charge in [-0.2, -0.15) is 0 Å². The second kappa shape index (κ2) is 2.30. The molecule has 0 radical (unpaired) electrons. The molecule has 0 unspecified atom stereocenters. The minimum Gasteiger partial charge on any atom is -0.476 e. The Morgan fingerprint density at radius 3 is 2.60 bits per heavy atom. The van der Waals surface area contributed by atoms with Crippen LogP contribution in [0.2, 0.25) is 5.02 Å². The van der Waals surface area contributed by atoms with Crippen LogP contribution in [-0.4, -0.2) is 16.2 Å². The van der Waals surface area contributed by atoms with Gasteiger partial charge in [-0.1, -0.05) is 16.8 Å². The molecule has 0 spiro atoms. The average Bonchev–Trinajstić information content (AvgIpc) is 2.14. The third kappa shape index (κ3) is 0.974. The highest BCUT2D eigenvalue weighted by Crippen LogP contribution is 2.18. The first-order valence-corrected chi connectivity index (χ1v) is 2.85. The zero-order valence-electron chi connectivity index (χ0n) is 5.09. The highest BCUT2D eigenvalue weighted by Gasteiger charge is 2.16. The van der Waals surface area contributed by atoms with Crippen molar-refractivity contribution in [2.45, 2.75) is 6.92 Å². The van der Waals surface area contributed by atoms with Gasteiger partial charge in [-0.3, -0.25) is 0 Å². The molecule has 0 aliphatic rings. The molecule has 0 aliphatic heterocycles. The lowest BCUT2D eigenvalue weighted by molar-refractivity contribution is 0.0686. The third-order valence-electron chi connectivity index (χ3n) is 0.993. The number of hydrogen-bond acceptors (Lipinski definition) is 3. The molecule has 4 nitrogen and oxygen atoms in total. The molecule has 1 rings (SSSR count). The van der Waals surface area contributed by atoms with Crippen LogP contribution in [0.1, 0.15) is 16.2 Å². The molecule has 0 atom stereocenters. The van der Waals surface area contributed by atoms with Crippen molar-refractivity contribution in [2.24, 2.45) is 0 Å². The van der Waals surface area contributed by atoms with Crippen molar-refractivity contribution in [3.05, 3.63) is 16.5 Å². The lowest BCUT2D eigenvalue weighted by Gasteiger charge is -1.82. The summed E-state index contributed by atoms with van der Waals surface area (Å²) in [7, 11) is 0. The number of hydrogen-bond donors (Lipinski definition) is 1. The van der Waals surface area contributed by atoms with Gasteiger partial charge < -0.3 is 9.63 Å². The van der Waals surface area contributed by atoms with E-state index in [1.165, 1.54) is 0 Å². The summed E-state index contributed by atoms with van der Waals surface area (Å²) in [5.41, 5.74) is -0.237. The van der Waals surface area contributed by atoms with Crippen LogP contribution in [0.3, 0.4) is 0 Å². The van der Waals surface area contributed by atoms with E-state index in [-0.39, 0.29) is 10.7 Å². The van der Waals surface area contributed by atoms with Gasteiger partial charge in [0.1, 0.15) is 5.02 Å². The van der Waals surface area contributed by atoms with Crippen molar-refractivity contribution in [3.63, 3.8) is 0 Å². The van der Waals surface area contributed by atoms with Crippen molar-refractivity contribution < 1.29 is 14.4 Å². The summed E-state index contributed by atoms with van der Waals surface area (Å²) >= 11 is 5.47. The number of nitrogens with zero attached hydrogens (tertiary/aromatic N) is 1. The van der Waals surface area contributed by atoms with Crippen molar-refractivity contribution in [2.75, 3.05) is 0 Å². The zero-order chi connectivity index (χ0) is 7.72. The summed E-state index contributed by atoms with van der Waals surface area (Å²) in [6.45, 7) is 1.54. The highest BCUT2D eigenvalue weighted by molar-refractivity contribution is 6.33. The predicted molar refractivity (Wildman–Crippen MR) is 33.2 cm³/mol. The maximum atomic E-state index is 10.2. The number of aryl methyl sites for hydroxylation is 1. The molecule has 1 heterocycles. The van der Waals surface area contributed by atoms with Gasteiger partial charge in [0.25, 0.3) is 0 Å². The molecule has 0 aliphatic carbocycles. The fraction of sp³-hybridized carbons (Fsp3) is 0.200. The van der Waals surface area contributed by atoms with Gasteiger partial charge in [-0.15, -0.1) is 0 Å². The summed E-state index contributed by atoms with van der Waals surface area (Å²) in [5.74, 6) is -0.860. The number of carbonyl (C=O) groups is 1. The first-order valence-electron chi connectivity index (χ1n) is 2.48. The van der Waals surface area contributed by atoms with E-state index in [1.807, 2.05) is 0 Å². The summed E-state index contributed by atoms with van der Waals surface area (Å²) in [4.78, 5) is 10.2. The van der Waals surface area contributed by atoms with E-state index >= 15 is 0 Å². The van der Waals surface area contributed by atoms with Crippen LogP contribution in [0, 0.1) is 6.92 Å². The normalized spacial score (nSPS) is 9.80. The van der Waals surface area contributed by atoms with Crippen molar-refractivity contribution >= 4 is 17.6 Å². The van der Waals surface area contributed by atoms with E-state index in [4.69, 9.17) is 16.7 Å². The van der Waals surface area contributed by atoms with E-state index in [1.54, 1.807) is 6.92 Å².